The van der Waals surface area contributed by atoms with Crippen molar-refractivity contribution in [1.82, 2.24) is 0 Å². The molecule has 0 heterocycles. The zero-order chi connectivity index (χ0) is 10.6. The summed E-state index contributed by atoms with van der Waals surface area (Å²) >= 11 is 0. The molecule has 1 aromatic carbocycles. The van der Waals surface area contributed by atoms with Crippen molar-refractivity contribution in [2.75, 3.05) is 7.11 Å². The lowest BCUT2D eigenvalue weighted by atomic mass is 10.1. The molecular formula is C10H9NO3. The van der Waals surface area contributed by atoms with Crippen LogP contribution >= 0.6 is 0 Å². The molecule has 1 unspecified atom stereocenters. The lowest BCUT2D eigenvalue weighted by Crippen LogP contribution is -2.06. The molecular weight excluding hydrogens is 182 g/mol. The van der Waals surface area contributed by atoms with Crippen molar-refractivity contribution in [2.24, 2.45) is 0 Å². The molecule has 1 N–H and O–H groups in total. The molecule has 0 saturated heterocycles. The van der Waals surface area contributed by atoms with E-state index in [2.05, 4.69) is 4.85 Å². The van der Waals surface area contributed by atoms with Crippen LogP contribution in [0.2, 0.25) is 0 Å². The van der Waals surface area contributed by atoms with Gasteiger partial charge in [-0.2, -0.15) is 0 Å². The first-order chi connectivity index (χ1) is 6.69. The molecule has 4 nitrogen and oxygen atoms in total. The van der Waals surface area contributed by atoms with Crippen LogP contribution in [0, 0.1) is 6.57 Å². The molecule has 0 amide bonds. The van der Waals surface area contributed by atoms with Gasteiger partial charge < -0.3 is 9.84 Å². The van der Waals surface area contributed by atoms with Crippen molar-refractivity contribution < 1.29 is 14.6 Å². The Kier molecular flexibility index (Phi) is 3.08. The lowest BCUT2D eigenvalue weighted by molar-refractivity contribution is -0.137. The van der Waals surface area contributed by atoms with Crippen LogP contribution in [0.3, 0.4) is 0 Å². The number of hydrogen-bond donors (Lipinski definition) is 1. The van der Waals surface area contributed by atoms with Gasteiger partial charge in [-0.15, -0.1) is 0 Å². The molecule has 72 valence electrons. The van der Waals surface area contributed by atoms with Gasteiger partial charge in [-0.05, 0) is 24.3 Å². The number of aliphatic carboxylic acids is 1. The highest BCUT2D eigenvalue weighted by Crippen LogP contribution is 2.20. The largest absolute Gasteiger partial charge is 0.497 e. The van der Waals surface area contributed by atoms with Crippen LogP contribution in [0.1, 0.15) is 11.6 Å². The van der Waals surface area contributed by atoms with E-state index in [0.29, 0.717) is 11.3 Å². The van der Waals surface area contributed by atoms with Crippen LogP contribution in [0.4, 0.5) is 0 Å². The molecule has 14 heavy (non-hydrogen) atoms. The van der Waals surface area contributed by atoms with Crippen LogP contribution in [0.25, 0.3) is 4.85 Å². The van der Waals surface area contributed by atoms with E-state index < -0.39 is 12.0 Å². The maximum absolute atomic E-state index is 10.6. The van der Waals surface area contributed by atoms with Gasteiger partial charge in [0, 0.05) is 5.56 Å². The second-order valence-electron chi connectivity index (χ2n) is 2.64. The molecule has 0 spiro atoms. The number of carboxylic acid groups (broad SMARTS) is 1. The van der Waals surface area contributed by atoms with Crippen LogP contribution in [0.15, 0.2) is 24.3 Å². The number of ether oxygens (including phenoxy) is 1. The van der Waals surface area contributed by atoms with Gasteiger partial charge in [-0.3, -0.25) is 4.85 Å². The molecule has 0 saturated carbocycles. The third-order valence-electron chi connectivity index (χ3n) is 1.79. The van der Waals surface area contributed by atoms with Gasteiger partial charge in [-0.1, -0.05) is 0 Å². The Morgan fingerprint density at radius 3 is 2.43 bits per heavy atom. The minimum absolute atomic E-state index is 0.466. The number of nitrogens with zero attached hydrogens (tertiary/aromatic N) is 1. The van der Waals surface area contributed by atoms with E-state index in [1.807, 2.05) is 0 Å². The van der Waals surface area contributed by atoms with Gasteiger partial charge in [0.05, 0.1) is 7.11 Å². The summed E-state index contributed by atoms with van der Waals surface area (Å²) in [5.74, 6) is -0.493. The summed E-state index contributed by atoms with van der Waals surface area (Å²) in [5.41, 5.74) is 0.466. The number of carboxylic acids is 1. The highest BCUT2D eigenvalue weighted by atomic mass is 16.5. The average Bonchev–Trinajstić information content (AvgIpc) is 2.19. The summed E-state index contributed by atoms with van der Waals surface area (Å²) in [7, 11) is 1.53. The van der Waals surface area contributed by atoms with Gasteiger partial charge in [0.25, 0.3) is 0 Å². The number of hydrogen-bond acceptors (Lipinski definition) is 2. The Balaban J connectivity index is 2.96. The van der Waals surface area contributed by atoms with E-state index in [0.717, 1.165) is 0 Å². The fourth-order valence-electron chi connectivity index (χ4n) is 1.06. The molecule has 4 heteroatoms. The van der Waals surface area contributed by atoms with E-state index in [4.69, 9.17) is 16.4 Å². The van der Waals surface area contributed by atoms with Gasteiger partial charge in [0.15, 0.2) is 0 Å². The van der Waals surface area contributed by atoms with Crippen molar-refractivity contribution in [2.45, 2.75) is 6.04 Å². The van der Waals surface area contributed by atoms with Gasteiger partial charge in [-0.25, -0.2) is 11.4 Å². The first kappa shape index (κ1) is 10.1. The van der Waals surface area contributed by atoms with Crippen molar-refractivity contribution in [1.29, 1.82) is 0 Å². The van der Waals surface area contributed by atoms with Gasteiger partial charge in [0.1, 0.15) is 5.75 Å². The minimum Gasteiger partial charge on any atom is -0.497 e. The molecule has 0 fully saturated rings. The molecule has 0 aliphatic heterocycles. The van der Waals surface area contributed by atoms with Crippen LogP contribution in [0.5, 0.6) is 5.75 Å². The third-order valence-corrected chi connectivity index (χ3v) is 1.79. The standard InChI is InChI=1S/C10H9NO3/c1-11-9(10(12)13)7-3-5-8(14-2)6-4-7/h3-6,9H,2H3,(H,12,13). The predicted octanol–water partition coefficient (Wildman–Crippen LogP) is 1.74. The first-order valence-electron chi connectivity index (χ1n) is 3.92. The van der Waals surface area contributed by atoms with Crippen molar-refractivity contribution in [3.8, 4) is 5.75 Å². The monoisotopic (exact) mass is 191 g/mol. The Labute approximate surface area is 81.6 Å². The summed E-state index contributed by atoms with van der Waals surface area (Å²) in [6, 6.07) is 5.30. The van der Waals surface area contributed by atoms with Crippen molar-refractivity contribution in [3.63, 3.8) is 0 Å². The molecule has 0 aliphatic carbocycles. The van der Waals surface area contributed by atoms with Crippen LogP contribution in [-0.2, 0) is 4.79 Å². The maximum Gasteiger partial charge on any atom is 0.392 e. The Morgan fingerprint density at radius 1 is 1.50 bits per heavy atom. The van der Waals surface area contributed by atoms with E-state index in [1.165, 1.54) is 7.11 Å². The highest BCUT2D eigenvalue weighted by molar-refractivity contribution is 5.77. The number of carbonyl (C=O) groups is 1. The lowest BCUT2D eigenvalue weighted by Gasteiger charge is -2.02. The van der Waals surface area contributed by atoms with Crippen molar-refractivity contribution in [3.05, 3.63) is 41.2 Å². The smallest absolute Gasteiger partial charge is 0.392 e. The zero-order valence-electron chi connectivity index (χ0n) is 7.60. The summed E-state index contributed by atoms with van der Waals surface area (Å²) < 4.78 is 4.92. The van der Waals surface area contributed by atoms with Crippen molar-refractivity contribution >= 4 is 5.97 Å². The fourth-order valence-corrected chi connectivity index (χ4v) is 1.06. The van der Waals surface area contributed by atoms with Crippen LogP contribution < -0.4 is 4.74 Å². The van der Waals surface area contributed by atoms with E-state index in [-0.39, 0.29) is 0 Å². The fraction of sp³-hybridized carbons (Fsp3) is 0.200. The third kappa shape index (κ3) is 2.02. The Bertz CT molecular complexity index is 364. The zero-order valence-corrected chi connectivity index (χ0v) is 7.60. The summed E-state index contributed by atoms with van der Waals surface area (Å²) in [6.45, 7) is 6.74. The first-order valence-corrected chi connectivity index (χ1v) is 3.92. The summed E-state index contributed by atoms with van der Waals surface area (Å²) in [4.78, 5) is 13.7. The van der Waals surface area contributed by atoms with Crippen LogP contribution in [-0.4, -0.2) is 18.2 Å². The van der Waals surface area contributed by atoms with E-state index in [1.54, 1.807) is 24.3 Å². The Hall–Kier alpha value is -2.02. The topological polar surface area (TPSA) is 50.9 Å². The molecule has 1 rings (SSSR count). The second-order valence-corrected chi connectivity index (χ2v) is 2.64. The second kappa shape index (κ2) is 4.28. The van der Waals surface area contributed by atoms with Gasteiger partial charge in [0.2, 0.25) is 0 Å². The Morgan fingerprint density at radius 2 is 2.07 bits per heavy atom. The van der Waals surface area contributed by atoms with E-state index in [9.17, 15) is 4.79 Å². The number of benzene rings is 1. The van der Waals surface area contributed by atoms with E-state index >= 15 is 0 Å². The average molecular weight is 191 g/mol. The minimum atomic E-state index is -1.13. The molecule has 0 radical (unpaired) electrons. The number of methoxy groups -OCH3 is 1. The normalized spacial score (nSPS) is 11.4. The molecule has 0 aliphatic rings. The van der Waals surface area contributed by atoms with Gasteiger partial charge >= 0.3 is 12.0 Å². The maximum atomic E-state index is 10.6. The summed E-state index contributed by atoms with van der Waals surface area (Å²) in [6.07, 6.45) is 0. The highest BCUT2D eigenvalue weighted by Gasteiger charge is 2.24. The predicted molar refractivity (Wildman–Crippen MR) is 50.0 cm³/mol. The quantitative estimate of drug-likeness (QED) is 0.740. The summed E-state index contributed by atoms with van der Waals surface area (Å²) in [5, 5.41) is 8.71. The molecule has 0 aromatic heterocycles. The number of rotatable bonds is 3. The SMILES string of the molecule is [C-]#[N+]C(C(=O)O)c1ccc(OC)cc1. The molecule has 1 aromatic rings. The molecule has 0 bridgehead atoms. The molecule has 1 atom stereocenters.